The molecule has 2 aromatic rings. The van der Waals surface area contributed by atoms with E-state index in [9.17, 15) is 0 Å². The van der Waals surface area contributed by atoms with Crippen molar-refractivity contribution in [1.82, 2.24) is 4.98 Å². The zero-order valence-corrected chi connectivity index (χ0v) is 11.7. The predicted octanol–water partition coefficient (Wildman–Crippen LogP) is 4.54. The molecule has 0 unspecified atom stereocenters. The molecule has 0 radical (unpaired) electrons. The van der Waals surface area contributed by atoms with E-state index in [1.807, 2.05) is 12.3 Å². The van der Waals surface area contributed by atoms with Gasteiger partial charge >= 0.3 is 0 Å². The minimum Gasteiger partial charge on any atom is -0.384 e. The maximum absolute atomic E-state index is 4.50. The highest BCUT2D eigenvalue weighted by molar-refractivity contribution is 5.93. The largest absolute Gasteiger partial charge is 0.384 e. The number of anilines is 1. The van der Waals surface area contributed by atoms with Gasteiger partial charge in [0.25, 0.3) is 0 Å². The van der Waals surface area contributed by atoms with Crippen LogP contribution in [0, 0.1) is 12.8 Å². The average Bonchev–Trinajstić information content (AvgIpc) is 2.48. The van der Waals surface area contributed by atoms with Crippen LogP contribution in [-0.2, 0) is 0 Å². The lowest BCUT2D eigenvalue weighted by atomic mass is 9.89. The van der Waals surface area contributed by atoms with Gasteiger partial charge in [0.2, 0.25) is 0 Å². The van der Waals surface area contributed by atoms with Gasteiger partial charge in [0.1, 0.15) is 0 Å². The monoisotopic (exact) mass is 254 g/mol. The molecule has 0 aliphatic heterocycles. The van der Waals surface area contributed by atoms with Gasteiger partial charge in [0.15, 0.2) is 0 Å². The van der Waals surface area contributed by atoms with Gasteiger partial charge in [-0.2, -0.15) is 0 Å². The quantitative estimate of drug-likeness (QED) is 0.870. The summed E-state index contributed by atoms with van der Waals surface area (Å²) in [4.78, 5) is 4.50. The molecule has 1 aliphatic rings. The summed E-state index contributed by atoms with van der Waals surface area (Å²) in [5.41, 5.74) is 3.61. The number of pyridine rings is 1. The van der Waals surface area contributed by atoms with Crippen LogP contribution in [0.15, 0.2) is 30.5 Å². The Kier molecular flexibility index (Phi) is 3.67. The fraction of sp³-hybridized carbons (Fsp3) is 0.471. The summed E-state index contributed by atoms with van der Waals surface area (Å²) in [5.74, 6) is 0.849. The zero-order chi connectivity index (χ0) is 13.1. The van der Waals surface area contributed by atoms with Crippen molar-refractivity contribution >= 4 is 16.6 Å². The van der Waals surface area contributed by atoms with E-state index in [1.165, 1.54) is 48.7 Å². The Morgan fingerprint density at radius 3 is 2.84 bits per heavy atom. The molecule has 1 heterocycles. The first-order chi connectivity index (χ1) is 9.34. The summed E-state index contributed by atoms with van der Waals surface area (Å²) in [6.45, 7) is 3.23. The Balaban J connectivity index is 1.79. The van der Waals surface area contributed by atoms with Crippen molar-refractivity contribution in [2.24, 2.45) is 5.92 Å². The van der Waals surface area contributed by atoms with Gasteiger partial charge in [-0.25, -0.2) is 0 Å². The van der Waals surface area contributed by atoms with E-state index in [0.29, 0.717) is 0 Å². The van der Waals surface area contributed by atoms with Crippen molar-refractivity contribution < 1.29 is 0 Å². The first kappa shape index (κ1) is 12.5. The van der Waals surface area contributed by atoms with Gasteiger partial charge in [-0.05, 0) is 49.4 Å². The van der Waals surface area contributed by atoms with Gasteiger partial charge < -0.3 is 5.32 Å². The number of aromatic nitrogens is 1. The zero-order valence-electron chi connectivity index (χ0n) is 11.7. The van der Waals surface area contributed by atoms with Crippen LogP contribution in [0.3, 0.4) is 0 Å². The third kappa shape index (κ3) is 2.73. The highest BCUT2D eigenvalue weighted by Crippen LogP contribution is 2.27. The van der Waals surface area contributed by atoms with Crippen molar-refractivity contribution in [3.8, 4) is 0 Å². The number of fused-ring (bicyclic) bond motifs is 1. The van der Waals surface area contributed by atoms with E-state index in [0.717, 1.165) is 18.0 Å². The molecule has 3 rings (SSSR count). The van der Waals surface area contributed by atoms with Crippen LogP contribution in [-0.4, -0.2) is 11.5 Å². The van der Waals surface area contributed by atoms with Crippen LogP contribution in [0.5, 0.6) is 0 Å². The molecule has 0 amide bonds. The second kappa shape index (κ2) is 5.60. The molecule has 1 aromatic heterocycles. The number of aryl methyl sites for hydroxylation is 1. The first-order valence-corrected chi connectivity index (χ1v) is 7.43. The highest BCUT2D eigenvalue weighted by atomic mass is 14.9. The lowest BCUT2D eigenvalue weighted by Crippen LogP contribution is -2.17. The lowest BCUT2D eigenvalue weighted by molar-refractivity contribution is 0.373. The van der Waals surface area contributed by atoms with Crippen molar-refractivity contribution in [2.75, 3.05) is 11.9 Å². The van der Waals surface area contributed by atoms with Crippen LogP contribution in [0.2, 0.25) is 0 Å². The minimum atomic E-state index is 0.849. The van der Waals surface area contributed by atoms with Crippen LogP contribution in [0.4, 0.5) is 5.69 Å². The van der Waals surface area contributed by atoms with Gasteiger partial charge in [-0.15, -0.1) is 0 Å². The van der Waals surface area contributed by atoms with Crippen LogP contribution < -0.4 is 5.32 Å². The first-order valence-electron chi connectivity index (χ1n) is 7.43. The van der Waals surface area contributed by atoms with Crippen molar-refractivity contribution in [2.45, 2.75) is 39.0 Å². The van der Waals surface area contributed by atoms with Crippen molar-refractivity contribution in [3.05, 3.63) is 36.0 Å². The second-order valence-corrected chi connectivity index (χ2v) is 5.71. The molecular formula is C17H22N2. The van der Waals surface area contributed by atoms with Gasteiger partial charge in [-0.3, -0.25) is 4.98 Å². The molecule has 2 heteroatoms. The Morgan fingerprint density at radius 1 is 1.16 bits per heavy atom. The molecule has 2 nitrogen and oxygen atoms in total. The number of rotatable bonds is 3. The summed E-state index contributed by atoms with van der Waals surface area (Å²) in [7, 11) is 0. The van der Waals surface area contributed by atoms with Crippen LogP contribution in [0.25, 0.3) is 10.9 Å². The molecule has 0 spiro atoms. The molecule has 1 N–H and O–H groups in total. The molecule has 0 bridgehead atoms. The summed E-state index contributed by atoms with van der Waals surface area (Å²) in [6, 6.07) is 8.55. The highest BCUT2D eigenvalue weighted by Gasteiger charge is 2.13. The minimum absolute atomic E-state index is 0.849. The molecule has 100 valence electrons. The summed E-state index contributed by atoms with van der Waals surface area (Å²) in [6.07, 6.45) is 8.88. The molecule has 19 heavy (non-hydrogen) atoms. The van der Waals surface area contributed by atoms with Crippen LogP contribution in [0.1, 0.15) is 37.7 Å². The number of hydrogen-bond acceptors (Lipinski definition) is 2. The van der Waals surface area contributed by atoms with E-state index in [2.05, 4.69) is 35.4 Å². The summed E-state index contributed by atoms with van der Waals surface area (Å²) in [5, 5.41) is 4.89. The van der Waals surface area contributed by atoms with Gasteiger partial charge in [0.05, 0.1) is 5.52 Å². The Morgan fingerprint density at radius 2 is 2.00 bits per heavy atom. The average molecular weight is 254 g/mol. The van der Waals surface area contributed by atoms with Gasteiger partial charge in [-0.1, -0.05) is 25.3 Å². The maximum atomic E-state index is 4.50. The fourth-order valence-corrected chi connectivity index (χ4v) is 3.11. The molecule has 1 aliphatic carbocycles. The number of nitrogens with one attached hydrogen (secondary N) is 1. The summed E-state index contributed by atoms with van der Waals surface area (Å²) >= 11 is 0. The Labute approximate surface area is 115 Å². The third-order valence-corrected chi connectivity index (χ3v) is 4.28. The maximum Gasteiger partial charge on any atom is 0.0751 e. The molecule has 1 fully saturated rings. The number of benzene rings is 1. The van der Waals surface area contributed by atoms with E-state index < -0.39 is 0 Å². The van der Waals surface area contributed by atoms with E-state index in [-0.39, 0.29) is 0 Å². The number of nitrogens with zero attached hydrogens (tertiary/aromatic N) is 1. The molecule has 1 saturated carbocycles. The van der Waals surface area contributed by atoms with E-state index >= 15 is 0 Å². The Hall–Kier alpha value is -1.57. The smallest absolute Gasteiger partial charge is 0.0751 e. The fourth-order valence-electron chi connectivity index (χ4n) is 3.11. The summed E-state index contributed by atoms with van der Waals surface area (Å²) < 4.78 is 0. The standard InChI is InChI=1S/C17H22N2/c1-13-9-10-16(15-8-5-11-18-17(13)15)19-12-14-6-3-2-4-7-14/h5,8-11,14,19H,2-4,6-7,12H2,1H3. The molecule has 0 atom stereocenters. The van der Waals surface area contributed by atoms with E-state index in [4.69, 9.17) is 0 Å². The van der Waals surface area contributed by atoms with Crippen molar-refractivity contribution in [3.63, 3.8) is 0 Å². The third-order valence-electron chi connectivity index (χ3n) is 4.28. The van der Waals surface area contributed by atoms with Crippen molar-refractivity contribution in [1.29, 1.82) is 0 Å². The second-order valence-electron chi connectivity index (χ2n) is 5.71. The topological polar surface area (TPSA) is 24.9 Å². The Bertz CT molecular complexity index is 556. The molecule has 1 aromatic carbocycles. The van der Waals surface area contributed by atoms with E-state index in [1.54, 1.807) is 0 Å². The van der Waals surface area contributed by atoms with Gasteiger partial charge in [0, 0.05) is 23.8 Å². The van der Waals surface area contributed by atoms with Crippen LogP contribution >= 0.6 is 0 Å². The SMILES string of the molecule is Cc1ccc(NCC2CCCCC2)c2cccnc12. The predicted molar refractivity (Wildman–Crippen MR) is 81.5 cm³/mol. The number of hydrogen-bond donors (Lipinski definition) is 1. The molecule has 0 saturated heterocycles. The molecular weight excluding hydrogens is 232 g/mol. The normalized spacial score (nSPS) is 16.7. The lowest BCUT2D eigenvalue weighted by Gasteiger charge is -2.22.